The monoisotopic (exact) mass is 304 g/mol. The highest BCUT2D eigenvalue weighted by Gasteiger charge is 2.13. The standard InChI is InChI=1S/C15H16N2O3S/c1-10(13-7-4-8-21-13)17-14(18)9-20-12-6-3-2-5-11(12)15(16)19/h2-8,10H,9H2,1H3,(H2,16,19)(H,17,18)/t10-/m1/s1. The molecule has 2 amide bonds. The van der Waals surface area contributed by atoms with E-state index in [0.717, 1.165) is 4.88 Å². The molecule has 0 bridgehead atoms. The number of hydrogen-bond acceptors (Lipinski definition) is 4. The van der Waals surface area contributed by atoms with Crippen molar-refractivity contribution in [1.82, 2.24) is 5.32 Å². The van der Waals surface area contributed by atoms with Gasteiger partial charge in [0.15, 0.2) is 6.61 Å². The van der Waals surface area contributed by atoms with Crippen LogP contribution in [0.4, 0.5) is 0 Å². The molecule has 21 heavy (non-hydrogen) atoms. The van der Waals surface area contributed by atoms with Crippen LogP contribution in [0.5, 0.6) is 5.75 Å². The normalized spacial score (nSPS) is 11.7. The summed E-state index contributed by atoms with van der Waals surface area (Å²) < 4.78 is 5.37. The number of primary amides is 1. The maximum Gasteiger partial charge on any atom is 0.258 e. The lowest BCUT2D eigenvalue weighted by molar-refractivity contribution is -0.123. The van der Waals surface area contributed by atoms with Gasteiger partial charge in [-0.05, 0) is 30.5 Å². The minimum Gasteiger partial charge on any atom is -0.483 e. The van der Waals surface area contributed by atoms with Crippen LogP contribution in [0.2, 0.25) is 0 Å². The molecule has 0 aliphatic carbocycles. The van der Waals surface area contributed by atoms with Crippen molar-refractivity contribution in [2.24, 2.45) is 5.73 Å². The third-order valence-corrected chi connectivity index (χ3v) is 3.91. The lowest BCUT2D eigenvalue weighted by atomic mass is 10.2. The van der Waals surface area contributed by atoms with Crippen molar-refractivity contribution in [3.8, 4) is 5.75 Å². The Morgan fingerprint density at radius 3 is 2.71 bits per heavy atom. The molecule has 0 aliphatic heterocycles. The van der Waals surface area contributed by atoms with Crippen molar-refractivity contribution < 1.29 is 14.3 Å². The minimum absolute atomic E-state index is 0.0764. The summed E-state index contributed by atoms with van der Waals surface area (Å²) in [6.07, 6.45) is 0. The molecule has 0 unspecified atom stereocenters. The van der Waals surface area contributed by atoms with E-state index in [1.807, 2.05) is 24.4 Å². The quantitative estimate of drug-likeness (QED) is 0.857. The molecule has 2 aromatic rings. The van der Waals surface area contributed by atoms with Crippen molar-refractivity contribution in [1.29, 1.82) is 0 Å². The molecule has 0 saturated heterocycles. The summed E-state index contributed by atoms with van der Waals surface area (Å²) in [7, 11) is 0. The molecule has 110 valence electrons. The number of nitrogens with one attached hydrogen (secondary N) is 1. The van der Waals surface area contributed by atoms with E-state index in [1.165, 1.54) is 0 Å². The second-order valence-corrected chi connectivity index (χ2v) is 5.43. The summed E-state index contributed by atoms with van der Waals surface area (Å²) in [5.74, 6) is -0.530. The van der Waals surface area contributed by atoms with E-state index in [1.54, 1.807) is 35.6 Å². The van der Waals surface area contributed by atoms with Crippen molar-refractivity contribution in [3.05, 3.63) is 52.2 Å². The van der Waals surface area contributed by atoms with Crippen LogP contribution in [0.25, 0.3) is 0 Å². The lowest BCUT2D eigenvalue weighted by Crippen LogP contribution is -2.31. The molecule has 0 fully saturated rings. The van der Waals surface area contributed by atoms with Crippen molar-refractivity contribution in [2.75, 3.05) is 6.61 Å². The summed E-state index contributed by atoms with van der Waals surface area (Å²) in [5, 5.41) is 4.79. The second kappa shape index (κ2) is 6.90. The zero-order chi connectivity index (χ0) is 15.2. The highest BCUT2D eigenvalue weighted by Crippen LogP contribution is 2.19. The molecular weight excluding hydrogens is 288 g/mol. The fraction of sp³-hybridized carbons (Fsp3) is 0.200. The Labute approximate surface area is 126 Å². The fourth-order valence-corrected chi connectivity index (χ4v) is 2.57. The Morgan fingerprint density at radius 1 is 1.29 bits per heavy atom. The van der Waals surface area contributed by atoms with Crippen molar-refractivity contribution in [2.45, 2.75) is 13.0 Å². The van der Waals surface area contributed by atoms with Crippen LogP contribution in [0.1, 0.15) is 28.2 Å². The minimum atomic E-state index is -0.585. The van der Waals surface area contributed by atoms with E-state index in [9.17, 15) is 9.59 Å². The van der Waals surface area contributed by atoms with Gasteiger partial charge >= 0.3 is 0 Å². The van der Waals surface area contributed by atoms with E-state index >= 15 is 0 Å². The fourth-order valence-electron chi connectivity index (χ4n) is 1.83. The summed E-state index contributed by atoms with van der Waals surface area (Å²) in [6, 6.07) is 10.4. The second-order valence-electron chi connectivity index (χ2n) is 4.45. The van der Waals surface area contributed by atoms with Gasteiger partial charge in [0.05, 0.1) is 11.6 Å². The number of para-hydroxylation sites is 1. The van der Waals surface area contributed by atoms with Gasteiger partial charge in [-0.1, -0.05) is 18.2 Å². The van der Waals surface area contributed by atoms with Crippen LogP contribution >= 0.6 is 11.3 Å². The highest BCUT2D eigenvalue weighted by molar-refractivity contribution is 7.10. The molecule has 5 nitrogen and oxygen atoms in total. The largest absolute Gasteiger partial charge is 0.483 e. The number of carbonyl (C=O) groups excluding carboxylic acids is 2. The predicted molar refractivity (Wildman–Crippen MR) is 81.3 cm³/mol. The first kappa shape index (κ1) is 15.1. The Bertz CT molecular complexity index is 626. The SMILES string of the molecule is C[C@@H](NC(=O)COc1ccccc1C(N)=O)c1cccs1. The number of amides is 2. The van der Waals surface area contributed by atoms with Gasteiger partial charge in [-0.2, -0.15) is 0 Å². The topological polar surface area (TPSA) is 81.4 Å². The number of nitrogens with two attached hydrogens (primary N) is 1. The summed E-state index contributed by atoms with van der Waals surface area (Å²) >= 11 is 1.58. The average molecular weight is 304 g/mol. The molecule has 3 N–H and O–H groups in total. The Balaban J connectivity index is 1.91. The van der Waals surface area contributed by atoms with Gasteiger partial charge in [0.25, 0.3) is 11.8 Å². The third kappa shape index (κ3) is 4.06. The van der Waals surface area contributed by atoms with E-state index in [4.69, 9.17) is 10.5 Å². The molecule has 6 heteroatoms. The lowest BCUT2D eigenvalue weighted by Gasteiger charge is -2.13. The molecule has 1 heterocycles. The average Bonchev–Trinajstić information content (AvgIpc) is 2.99. The zero-order valence-corrected chi connectivity index (χ0v) is 12.4. The van der Waals surface area contributed by atoms with Gasteiger partial charge in [-0.25, -0.2) is 0 Å². The van der Waals surface area contributed by atoms with E-state index < -0.39 is 5.91 Å². The molecule has 2 rings (SSSR count). The third-order valence-electron chi connectivity index (χ3n) is 2.86. The van der Waals surface area contributed by atoms with E-state index in [2.05, 4.69) is 5.32 Å². The molecule has 0 radical (unpaired) electrons. The van der Waals surface area contributed by atoms with Gasteiger partial charge in [0.2, 0.25) is 0 Å². The number of benzene rings is 1. The molecule has 1 aromatic carbocycles. The summed E-state index contributed by atoms with van der Waals surface area (Å²) in [5.41, 5.74) is 5.51. The number of carbonyl (C=O) groups is 2. The van der Waals surface area contributed by atoms with Crippen LogP contribution in [0.3, 0.4) is 0 Å². The summed E-state index contributed by atoms with van der Waals surface area (Å²) in [4.78, 5) is 24.2. The first-order valence-electron chi connectivity index (χ1n) is 6.42. The van der Waals surface area contributed by atoms with Gasteiger partial charge in [-0.15, -0.1) is 11.3 Å². The Hall–Kier alpha value is -2.34. The van der Waals surface area contributed by atoms with Gasteiger partial charge in [0, 0.05) is 4.88 Å². The van der Waals surface area contributed by atoms with Crippen LogP contribution in [0.15, 0.2) is 41.8 Å². The zero-order valence-electron chi connectivity index (χ0n) is 11.5. The van der Waals surface area contributed by atoms with Crippen molar-refractivity contribution in [3.63, 3.8) is 0 Å². The molecular formula is C15H16N2O3S. The van der Waals surface area contributed by atoms with Crippen LogP contribution < -0.4 is 15.8 Å². The number of thiophene rings is 1. The summed E-state index contributed by atoms with van der Waals surface area (Å²) in [6.45, 7) is 1.74. The number of hydrogen-bond donors (Lipinski definition) is 2. The highest BCUT2D eigenvalue weighted by atomic mass is 32.1. The molecule has 0 aliphatic rings. The van der Waals surface area contributed by atoms with E-state index in [-0.39, 0.29) is 24.1 Å². The van der Waals surface area contributed by atoms with Crippen LogP contribution in [0, 0.1) is 0 Å². The maximum atomic E-state index is 11.9. The molecule has 0 saturated carbocycles. The van der Waals surface area contributed by atoms with Gasteiger partial charge in [-0.3, -0.25) is 9.59 Å². The van der Waals surface area contributed by atoms with E-state index in [0.29, 0.717) is 5.75 Å². The molecule has 1 aromatic heterocycles. The first-order valence-corrected chi connectivity index (χ1v) is 7.30. The number of ether oxygens (including phenoxy) is 1. The van der Waals surface area contributed by atoms with Gasteiger partial charge < -0.3 is 15.8 Å². The Morgan fingerprint density at radius 2 is 2.05 bits per heavy atom. The predicted octanol–water partition coefficient (Wildman–Crippen LogP) is 2.10. The first-order chi connectivity index (χ1) is 10.1. The molecule has 1 atom stereocenters. The maximum absolute atomic E-state index is 11.9. The Kier molecular flexibility index (Phi) is 4.94. The van der Waals surface area contributed by atoms with Crippen molar-refractivity contribution >= 4 is 23.2 Å². The number of rotatable bonds is 6. The van der Waals surface area contributed by atoms with Crippen LogP contribution in [-0.2, 0) is 4.79 Å². The van der Waals surface area contributed by atoms with Crippen LogP contribution in [-0.4, -0.2) is 18.4 Å². The molecule has 0 spiro atoms. The van der Waals surface area contributed by atoms with Gasteiger partial charge in [0.1, 0.15) is 5.75 Å². The smallest absolute Gasteiger partial charge is 0.258 e.